The van der Waals surface area contributed by atoms with E-state index in [4.69, 9.17) is 0 Å². The number of carbonyl (C=O) groups is 2. The van der Waals surface area contributed by atoms with Crippen molar-refractivity contribution in [2.45, 2.75) is 31.0 Å². The molecule has 2 heterocycles. The molecule has 2 aromatic carbocycles. The minimum absolute atomic E-state index is 0.0176. The second kappa shape index (κ2) is 9.69. The molecule has 2 aromatic heterocycles. The van der Waals surface area contributed by atoms with Gasteiger partial charge in [-0.2, -0.15) is 0 Å². The first-order valence-corrected chi connectivity index (χ1v) is 11.2. The van der Waals surface area contributed by atoms with Gasteiger partial charge in [0, 0.05) is 29.1 Å². The van der Waals surface area contributed by atoms with Crippen LogP contribution in [0.4, 0.5) is 0 Å². The number of carbonyl (C=O) groups excluding carboxylic acids is 1. The van der Waals surface area contributed by atoms with E-state index in [9.17, 15) is 14.7 Å². The van der Waals surface area contributed by atoms with Crippen molar-refractivity contribution in [2.24, 2.45) is 0 Å². The maximum atomic E-state index is 12.4. The molecular weight excluding hydrogens is 426 g/mol. The highest BCUT2D eigenvalue weighted by Crippen LogP contribution is 2.21. The van der Waals surface area contributed by atoms with Gasteiger partial charge in [0.05, 0.1) is 5.75 Å². The largest absolute Gasteiger partial charge is 0.480 e. The minimum Gasteiger partial charge on any atom is -0.480 e. The summed E-state index contributed by atoms with van der Waals surface area (Å²) in [5.74, 6) is -0.826. The normalized spacial score (nSPS) is 12.0. The predicted molar refractivity (Wildman–Crippen MR) is 123 cm³/mol. The SMILES string of the molecule is CCc1ccc(-c2nc(SCC(=O)NC(Cc3c[nH]c4ccccc34)C(=O)O)n[nH]2)cc1. The first-order valence-electron chi connectivity index (χ1n) is 10.2. The highest BCUT2D eigenvalue weighted by atomic mass is 32.2. The molecule has 4 N–H and O–H groups in total. The van der Waals surface area contributed by atoms with Gasteiger partial charge in [0.25, 0.3) is 0 Å². The third-order valence-electron chi connectivity index (χ3n) is 5.17. The molecule has 0 bridgehead atoms. The molecule has 0 aliphatic rings. The average Bonchev–Trinajstić information content (AvgIpc) is 3.45. The summed E-state index contributed by atoms with van der Waals surface area (Å²) in [6, 6.07) is 14.7. The first-order chi connectivity index (χ1) is 15.5. The van der Waals surface area contributed by atoms with E-state index < -0.39 is 12.0 Å². The third kappa shape index (κ3) is 5.00. The third-order valence-corrected chi connectivity index (χ3v) is 6.01. The number of carboxylic acids is 1. The zero-order valence-corrected chi connectivity index (χ0v) is 18.3. The lowest BCUT2D eigenvalue weighted by Crippen LogP contribution is -2.43. The first kappa shape index (κ1) is 21.6. The summed E-state index contributed by atoms with van der Waals surface area (Å²) in [6.45, 7) is 2.10. The number of thioether (sulfide) groups is 1. The number of nitrogens with zero attached hydrogens (tertiary/aromatic N) is 2. The molecule has 4 aromatic rings. The van der Waals surface area contributed by atoms with Crippen molar-refractivity contribution in [2.75, 3.05) is 5.75 Å². The Morgan fingerprint density at radius 2 is 1.94 bits per heavy atom. The highest BCUT2D eigenvalue weighted by Gasteiger charge is 2.22. The lowest BCUT2D eigenvalue weighted by atomic mass is 10.1. The number of fused-ring (bicyclic) bond motifs is 1. The second-order valence-corrected chi connectivity index (χ2v) is 8.27. The molecule has 1 atom stereocenters. The van der Waals surface area contributed by atoms with E-state index >= 15 is 0 Å². The van der Waals surface area contributed by atoms with Crippen LogP contribution in [-0.4, -0.2) is 48.9 Å². The summed E-state index contributed by atoms with van der Waals surface area (Å²) < 4.78 is 0. The maximum Gasteiger partial charge on any atom is 0.326 e. The molecule has 32 heavy (non-hydrogen) atoms. The number of H-pyrrole nitrogens is 2. The number of aromatic amines is 2. The monoisotopic (exact) mass is 449 g/mol. The van der Waals surface area contributed by atoms with Crippen LogP contribution in [0.25, 0.3) is 22.3 Å². The van der Waals surface area contributed by atoms with E-state index in [1.54, 1.807) is 6.20 Å². The Hall–Kier alpha value is -3.59. The van der Waals surface area contributed by atoms with E-state index in [2.05, 4.69) is 32.4 Å². The van der Waals surface area contributed by atoms with Crippen LogP contribution < -0.4 is 5.32 Å². The number of carboxylic acid groups (broad SMARTS) is 1. The lowest BCUT2D eigenvalue weighted by Gasteiger charge is -2.13. The molecule has 0 radical (unpaired) electrons. The molecule has 8 nitrogen and oxygen atoms in total. The molecule has 0 aliphatic heterocycles. The van der Waals surface area contributed by atoms with Crippen molar-refractivity contribution in [3.8, 4) is 11.4 Å². The summed E-state index contributed by atoms with van der Waals surface area (Å²) >= 11 is 1.15. The molecule has 0 fully saturated rings. The molecule has 9 heteroatoms. The molecule has 1 unspecified atom stereocenters. The van der Waals surface area contributed by atoms with Crippen molar-refractivity contribution in [1.29, 1.82) is 0 Å². The van der Waals surface area contributed by atoms with Crippen molar-refractivity contribution in [3.05, 3.63) is 65.9 Å². The summed E-state index contributed by atoms with van der Waals surface area (Å²) in [6.07, 6.45) is 2.93. The van der Waals surface area contributed by atoms with E-state index in [0.717, 1.165) is 40.2 Å². The van der Waals surface area contributed by atoms with Crippen LogP contribution in [-0.2, 0) is 22.4 Å². The Bertz CT molecular complexity index is 1230. The quantitative estimate of drug-likeness (QED) is 0.290. The fraction of sp³-hybridized carbons (Fsp3) is 0.217. The van der Waals surface area contributed by atoms with Crippen molar-refractivity contribution in [3.63, 3.8) is 0 Å². The number of para-hydroxylation sites is 1. The van der Waals surface area contributed by atoms with Gasteiger partial charge >= 0.3 is 5.97 Å². The van der Waals surface area contributed by atoms with Crippen LogP contribution in [0.2, 0.25) is 0 Å². The van der Waals surface area contributed by atoms with E-state index in [-0.39, 0.29) is 18.1 Å². The van der Waals surface area contributed by atoms with Crippen LogP contribution in [0.1, 0.15) is 18.1 Å². The zero-order chi connectivity index (χ0) is 22.5. The molecule has 0 spiro atoms. The molecule has 164 valence electrons. The van der Waals surface area contributed by atoms with Crippen molar-refractivity contribution >= 4 is 34.5 Å². The molecule has 0 saturated heterocycles. The minimum atomic E-state index is -1.08. The Labute approximate surface area is 188 Å². The Balaban J connectivity index is 1.35. The van der Waals surface area contributed by atoms with Gasteiger partial charge in [0.15, 0.2) is 5.82 Å². The highest BCUT2D eigenvalue weighted by molar-refractivity contribution is 7.99. The van der Waals surface area contributed by atoms with Crippen molar-refractivity contribution in [1.82, 2.24) is 25.5 Å². The van der Waals surface area contributed by atoms with Gasteiger partial charge in [-0.3, -0.25) is 9.89 Å². The van der Waals surface area contributed by atoms with Gasteiger partial charge in [0.2, 0.25) is 11.1 Å². The fourth-order valence-corrected chi connectivity index (χ4v) is 4.03. The van der Waals surface area contributed by atoms with Gasteiger partial charge in [-0.25, -0.2) is 9.78 Å². The molecule has 4 rings (SSSR count). The second-order valence-electron chi connectivity index (χ2n) is 7.33. The Kier molecular flexibility index (Phi) is 6.55. The van der Waals surface area contributed by atoms with Gasteiger partial charge in [-0.05, 0) is 23.6 Å². The summed E-state index contributed by atoms with van der Waals surface area (Å²) in [4.78, 5) is 31.7. The van der Waals surface area contributed by atoms with Gasteiger partial charge < -0.3 is 15.4 Å². The summed E-state index contributed by atoms with van der Waals surface area (Å²) in [5, 5.41) is 20.6. The summed E-state index contributed by atoms with van der Waals surface area (Å²) in [7, 11) is 0. The standard InChI is InChI=1S/C23H23N5O3S/c1-2-14-7-9-15(10-8-14)21-26-23(28-27-21)32-13-20(29)25-19(22(30)31)11-16-12-24-18-6-4-3-5-17(16)18/h3-10,12,19,24H,2,11,13H2,1H3,(H,25,29)(H,30,31)(H,26,27,28). The van der Waals surface area contributed by atoms with Crippen LogP contribution >= 0.6 is 11.8 Å². The number of aryl methyl sites for hydroxylation is 1. The number of benzene rings is 2. The molecule has 0 aliphatic carbocycles. The number of rotatable bonds is 9. The topological polar surface area (TPSA) is 124 Å². The molecular formula is C23H23N5O3S. The van der Waals surface area contributed by atoms with E-state index in [1.807, 2.05) is 48.5 Å². The zero-order valence-electron chi connectivity index (χ0n) is 17.5. The lowest BCUT2D eigenvalue weighted by molar-refractivity contribution is -0.141. The number of hydrogen-bond donors (Lipinski definition) is 4. The van der Waals surface area contributed by atoms with Gasteiger partial charge in [0.1, 0.15) is 6.04 Å². The van der Waals surface area contributed by atoms with Crippen LogP contribution in [0.15, 0.2) is 59.9 Å². The van der Waals surface area contributed by atoms with Crippen LogP contribution in [0.5, 0.6) is 0 Å². The number of aromatic nitrogens is 4. The number of nitrogens with one attached hydrogen (secondary N) is 3. The van der Waals surface area contributed by atoms with E-state index in [0.29, 0.717) is 11.0 Å². The smallest absolute Gasteiger partial charge is 0.326 e. The maximum absolute atomic E-state index is 12.4. The Morgan fingerprint density at radius 3 is 2.69 bits per heavy atom. The number of hydrogen-bond acceptors (Lipinski definition) is 5. The number of amides is 1. The fourth-order valence-electron chi connectivity index (χ4n) is 3.42. The molecule has 0 saturated carbocycles. The van der Waals surface area contributed by atoms with Gasteiger partial charge in [-0.15, -0.1) is 5.10 Å². The van der Waals surface area contributed by atoms with Crippen LogP contribution in [0, 0.1) is 0 Å². The summed E-state index contributed by atoms with van der Waals surface area (Å²) in [5.41, 5.74) is 3.92. The van der Waals surface area contributed by atoms with Crippen LogP contribution in [0.3, 0.4) is 0 Å². The Morgan fingerprint density at radius 1 is 1.16 bits per heavy atom. The van der Waals surface area contributed by atoms with E-state index in [1.165, 1.54) is 5.56 Å². The van der Waals surface area contributed by atoms with Gasteiger partial charge in [-0.1, -0.05) is 61.2 Å². The number of aliphatic carboxylic acids is 1. The average molecular weight is 450 g/mol. The van der Waals surface area contributed by atoms with Crippen molar-refractivity contribution < 1.29 is 14.7 Å². The predicted octanol–water partition coefficient (Wildman–Crippen LogP) is 3.42. The molecule has 1 amide bonds.